The zero-order valence-electron chi connectivity index (χ0n) is 13.0. The molecule has 0 amide bonds. The Labute approximate surface area is 154 Å². The largest absolute Gasteiger partial charge is 0.363 e. The van der Waals surface area contributed by atoms with Crippen LogP contribution in [0.1, 0.15) is 5.56 Å². The molecule has 0 saturated carbocycles. The molecule has 7 heteroatoms. The Hall–Kier alpha value is -2.63. The minimum absolute atomic E-state index is 0.509. The van der Waals surface area contributed by atoms with Crippen LogP contribution in [0, 0.1) is 0 Å². The summed E-state index contributed by atoms with van der Waals surface area (Å²) >= 11 is 12.6. The molecule has 0 spiro atoms. The molecule has 0 aliphatic carbocycles. The van der Waals surface area contributed by atoms with Crippen LogP contribution < -0.4 is 5.32 Å². The van der Waals surface area contributed by atoms with Crippen molar-refractivity contribution in [2.24, 2.45) is 0 Å². The van der Waals surface area contributed by atoms with Crippen LogP contribution in [0.25, 0.3) is 16.9 Å². The Morgan fingerprint density at radius 3 is 2.72 bits per heavy atom. The molecule has 124 valence electrons. The highest BCUT2D eigenvalue weighted by Gasteiger charge is 2.13. The van der Waals surface area contributed by atoms with Crippen LogP contribution in [0.3, 0.4) is 0 Å². The summed E-state index contributed by atoms with van der Waals surface area (Å²) in [6, 6.07) is 11.5. The first kappa shape index (κ1) is 15.9. The molecule has 0 saturated heterocycles. The highest BCUT2D eigenvalue weighted by atomic mass is 35.5. The Morgan fingerprint density at radius 2 is 1.92 bits per heavy atom. The Balaban J connectivity index is 1.78. The summed E-state index contributed by atoms with van der Waals surface area (Å²) in [4.78, 5) is 13.2. The molecule has 0 unspecified atom stereocenters. The van der Waals surface area contributed by atoms with E-state index in [-0.39, 0.29) is 0 Å². The molecule has 5 nitrogen and oxygen atoms in total. The third-order valence-corrected chi connectivity index (χ3v) is 4.39. The van der Waals surface area contributed by atoms with Crippen LogP contribution in [0.5, 0.6) is 0 Å². The van der Waals surface area contributed by atoms with Crippen LogP contribution in [-0.2, 0) is 6.54 Å². The van der Waals surface area contributed by atoms with Crippen molar-refractivity contribution in [2.45, 2.75) is 6.54 Å². The second-order valence-corrected chi connectivity index (χ2v) is 6.24. The van der Waals surface area contributed by atoms with Gasteiger partial charge in [-0.05, 0) is 17.7 Å². The number of benzene rings is 1. The topological polar surface area (TPSA) is 55.1 Å². The summed E-state index contributed by atoms with van der Waals surface area (Å²) in [6.07, 6.45) is 6.98. The van der Waals surface area contributed by atoms with Gasteiger partial charge in [0, 0.05) is 30.7 Å². The van der Waals surface area contributed by atoms with E-state index in [1.807, 2.05) is 42.6 Å². The van der Waals surface area contributed by atoms with Gasteiger partial charge in [-0.2, -0.15) is 0 Å². The summed E-state index contributed by atoms with van der Waals surface area (Å²) in [5.74, 6) is 0.633. The fourth-order valence-electron chi connectivity index (χ4n) is 2.57. The third kappa shape index (κ3) is 3.16. The first-order chi connectivity index (χ1) is 12.2. The lowest BCUT2D eigenvalue weighted by atomic mass is 10.1. The molecule has 25 heavy (non-hydrogen) atoms. The lowest BCUT2D eigenvalue weighted by Gasteiger charge is -2.11. The molecule has 1 aromatic carbocycles. The number of imidazole rings is 1. The number of aromatic nitrogens is 4. The summed E-state index contributed by atoms with van der Waals surface area (Å²) in [5.41, 5.74) is 3.25. The summed E-state index contributed by atoms with van der Waals surface area (Å²) < 4.78 is 1.79. The van der Waals surface area contributed by atoms with Gasteiger partial charge in [0.15, 0.2) is 11.5 Å². The van der Waals surface area contributed by atoms with E-state index in [0.717, 1.165) is 11.1 Å². The number of rotatable bonds is 4. The van der Waals surface area contributed by atoms with E-state index < -0.39 is 0 Å². The minimum atomic E-state index is 0.509. The molecule has 4 aromatic rings. The maximum Gasteiger partial charge on any atom is 0.181 e. The van der Waals surface area contributed by atoms with Gasteiger partial charge in [-0.15, -0.1) is 0 Å². The van der Waals surface area contributed by atoms with Crippen molar-refractivity contribution in [3.63, 3.8) is 0 Å². The Kier molecular flexibility index (Phi) is 4.26. The van der Waals surface area contributed by atoms with Crippen LogP contribution in [0.2, 0.25) is 10.2 Å². The Morgan fingerprint density at radius 1 is 1.04 bits per heavy atom. The summed E-state index contributed by atoms with van der Waals surface area (Å²) in [5, 5.41) is 4.45. The highest BCUT2D eigenvalue weighted by molar-refractivity contribution is 6.33. The molecule has 0 fully saturated rings. The van der Waals surface area contributed by atoms with Gasteiger partial charge in [0.1, 0.15) is 5.15 Å². The SMILES string of the molecule is Clc1ccccc1-c1cn2c(Cl)cnc2c(NCc2cccnc2)n1. The minimum Gasteiger partial charge on any atom is -0.363 e. The van der Waals surface area contributed by atoms with Gasteiger partial charge in [-0.25, -0.2) is 9.97 Å². The third-order valence-electron chi connectivity index (χ3n) is 3.78. The van der Waals surface area contributed by atoms with E-state index in [9.17, 15) is 0 Å². The number of fused-ring (bicyclic) bond motifs is 1. The predicted molar refractivity (Wildman–Crippen MR) is 100 cm³/mol. The van der Waals surface area contributed by atoms with Gasteiger partial charge >= 0.3 is 0 Å². The summed E-state index contributed by atoms with van der Waals surface area (Å²) in [6.45, 7) is 0.576. The van der Waals surface area contributed by atoms with Gasteiger partial charge < -0.3 is 5.32 Å². The van der Waals surface area contributed by atoms with Crippen molar-refractivity contribution in [3.8, 4) is 11.3 Å². The summed E-state index contributed by atoms with van der Waals surface area (Å²) in [7, 11) is 0. The number of pyridine rings is 1. The highest BCUT2D eigenvalue weighted by Crippen LogP contribution is 2.29. The number of anilines is 1. The number of nitrogens with zero attached hydrogens (tertiary/aromatic N) is 4. The van der Waals surface area contributed by atoms with Crippen molar-refractivity contribution in [1.29, 1.82) is 0 Å². The molecule has 0 atom stereocenters. The van der Waals surface area contributed by atoms with Crippen molar-refractivity contribution in [3.05, 3.63) is 76.9 Å². The van der Waals surface area contributed by atoms with Gasteiger partial charge in [0.2, 0.25) is 0 Å². The number of halogens is 2. The normalized spacial score (nSPS) is 11.0. The number of hydrogen-bond acceptors (Lipinski definition) is 4. The van der Waals surface area contributed by atoms with Crippen LogP contribution in [-0.4, -0.2) is 19.4 Å². The molecule has 0 aliphatic rings. The molecule has 0 aliphatic heterocycles. The van der Waals surface area contributed by atoms with Crippen molar-refractivity contribution < 1.29 is 0 Å². The van der Waals surface area contributed by atoms with E-state index in [1.165, 1.54) is 0 Å². The number of hydrogen-bond donors (Lipinski definition) is 1. The molecule has 0 radical (unpaired) electrons. The fraction of sp³-hybridized carbons (Fsp3) is 0.0556. The average molecular weight is 370 g/mol. The predicted octanol–water partition coefficient (Wildman–Crippen LogP) is 4.71. The second kappa shape index (κ2) is 6.70. The van der Waals surface area contributed by atoms with Crippen LogP contribution >= 0.6 is 23.2 Å². The maximum absolute atomic E-state index is 6.32. The quantitative estimate of drug-likeness (QED) is 0.565. The average Bonchev–Trinajstić information content (AvgIpc) is 3.02. The van der Waals surface area contributed by atoms with Crippen molar-refractivity contribution in [2.75, 3.05) is 5.32 Å². The molecule has 3 heterocycles. The van der Waals surface area contributed by atoms with E-state index in [1.54, 1.807) is 23.0 Å². The van der Waals surface area contributed by atoms with E-state index in [4.69, 9.17) is 28.2 Å². The van der Waals surface area contributed by atoms with E-state index in [2.05, 4.69) is 15.3 Å². The molecule has 4 rings (SSSR count). The van der Waals surface area contributed by atoms with Gasteiger partial charge in [-0.3, -0.25) is 9.38 Å². The smallest absolute Gasteiger partial charge is 0.181 e. The fourth-order valence-corrected chi connectivity index (χ4v) is 2.98. The molecule has 0 bridgehead atoms. The molecular formula is C18H13Cl2N5. The van der Waals surface area contributed by atoms with E-state index in [0.29, 0.717) is 33.9 Å². The van der Waals surface area contributed by atoms with Crippen LogP contribution in [0.15, 0.2) is 61.2 Å². The number of nitrogens with one attached hydrogen (secondary N) is 1. The standard InChI is InChI=1S/C18H13Cl2N5/c19-14-6-2-1-5-13(14)15-11-25-16(20)10-23-18(25)17(24-15)22-9-12-4-3-7-21-8-12/h1-8,10-11H,9H2,(H,22,24). The first-order valence-electron chi connectivity index (χ1n) is 7.63. The van der Waals surface area contributed by atoms with Gasteiger partial charge in [0.25, 0.3) is 0 Å². The van der Waals surface area contributed by atoms with Gasteiger partial charge in [-0.1, -0.05) is 47.5 Å². The lowest BCUT2D eigenvalue weighted by Crippen LogP contribution is -2.05. The van der Waals surface area contributed by atoms with Crippen molar-refractivity contribution in [1.82, 2.24) is 19.4 Å². The zero-order valence-corrected chi connectivity index (χ0v) is 14.5. The second-order valence-electron chi connectivity index (χ2n) is 5.44. The molecule has 1 N–H and O–H groups in total. The molecular weight excluding hydrogens is 357 g/mol. The molecule has 3 aromatic heterocycles. The zero-order chi connectivity index (χ0) is 17.2. The maximum atomic E-state index is 6.32. The first-order valence-corrected chi connectivity index (χ1v) is 8.39. The van der Waals surface area contributed by atoms with Crippen molar-refractivity contribution >= 4 is 34.7 Å². The van der Waals surface area contributed by atoms with Crippen LogP contribution in [0.4, 0.5) is 5.82 Å². The van der Waals surface area contributed by atoms with E-state index >= 15 is 0 Å². The monoisotopic (exact) mass is 369 g/mol. The van der Waals surface area contributed by atoms with Gasteiger partial charge in [0.05, 0.1) is 16.9 Å². The lowest BCUT2D eigenvalue weighted by molar-refractivity contribution is 1.06. The Bertz CT molecular complexity index is 1030.